The highest BCUT2D eigenvalue weighted by Gasteiger charge is 2.30. The van der Waals surface area contributed by atoms with Gasteiger partial charge < -0.3 is 10.1 Å². The first-order valence-corrected chi connectivity index (χ1v) is 7.81. The fraction of sp³-hybridized carbons (Fsp3) is 0.235. The minimum absolute atomic E-state index is 0.136. The molecule has 5 nitrogen and oxygen atoms in total. The first kappa shape index (κ1) is 19.7. The molecule has 1 heterocycles. The van der Waals surface area contributed by atoms with E-state index >= 15 is 0 Å². The van der Waals surface area contributed by atoms with Gasteiger partial charge in [0.1, 0.15) is 5.82 Å². The van der Waals surface area contributed by atoms with Crippen molar-refractivity contribution in [1.29, 1.82) is 0 Å². The molecule has 9 heteroatoms. The molecule has 2 rings (SSSR count). The number of ether oxygens (including phenoxy) is 1. The molecule has 0 radical (unpaired) electrons. The summed E-state index contributed by atoms with van der Waals surface area (Å²) in [6, 6.07) is 7.34. The van der Waals surface area contributed by atoms with Crippen LogP contribution in [0.2, 0.25) is 5.02 Å². The number of rotatable bonds is 5. The summed E-state index contributed by atoms with van der Waals surface area (Å²) in [6.07, 6.45) is -4.70. The van der Waals surface area contributed by atoms with Crippen LogP contribution in [0, 0.1) is 0 Å². The Labute approximate surface area is 152 Å². The van der Waals surface area contributed by atoms with Gasteiger partial charge in [-0.2, -0.15) is 13.2 Å². The highest BCUT2D eigenvalue weighted by Crippen LogP contribution is 2.29. The highest BCUT2D eigenvalue weighted by molar-refractivity contribution is 6.30. The maximum atomic E-state index is 12.7. The number of esters is 1. The number of aromatic nitrogens is 1. The molecule has 1 amide bonds. The molecule has 0 fully saturated rings. The molecule has 0 spiro atoms. The van der Waals surface area contributed by atoms with E-state index in [2.05, 4.69) is 10.3 Å². The van der Waals surface area contributed by atoms with Crippen molar-refractivity contribution in [2.24, 2.45) is 0 Å². The summed E-state index contributed by atoms with van der Waals surface area (Å²) in [7, 11) is 0. The third-order valence-corrected chi connectivity index (χ3v) is 3.48. The van der Waals surface area contributed by atoms with Crippen LogP contribution in [0.3, 0.4) is 0 Å². The smallest absolute Gasteiger partial charge is 0.416 e. The summed E-state index contributed by atoms with van der Waals surface area (Å²) in [5.74, 6) is -1.23. The summed E-state index contributed by atoms with van der Waals surface area (Å²) >= 11 is 5.68. The fourth-order valence-electron chi connectivity index (χ4n) is 1.99. The second kappa shape index (κ2) is 8.18. The van der Waals surface area contributed by atoms with Gasteiger partial charge in [-0.15, -0.1) is 0 Å². The van der Waals surface area contributed by atoms with Gasteiger partial charge in [0, 0.05) is 6.20 Å². The maximum Gasteiger partial charge on any atom is 0.416 e. The van der Waals surface area contributed by atoms with Crippen LogP contribution in [-0.2, 0) is 26.9 Å². The molecule has 2 aromatic rings. The third kappa shape index (κ3) is 5.73. The van der Waals surface area contributed by atoms with E-state index in [-0.39, 0.29) is 17.8 Å². The molecule has 0 aliphatic heterocycles. The van der Waals surface area contributed by atoms with E-state index in [0.29, 0.717) is 5.02 Å². The number of hydrogen-bond donors (Lipinski definition) is 1. The number of benzene rings is 1. The Bertz CT molecular complexity index is 795. The van der Waals surface area contributed by atoms with Crippen molar-refractivity contribution < 1.29 is 27.5 Å². The van der Waals surface area contributed by atoms with Gasteiger partial charge in [0.05, 0.1) is 17.0 Å². The number of pyridine rings is 1. The van der Waals surface area contributed by atoms with Gasteiger partial charge in [-0.05, 0) is 30.7 Å². The van der Waals surface area contributed by atoms with Crippen LogP contribution in [0.1, 0.15) is 18.1 Å². The lowest BCUT2D eigenvalue weighted by atomic mass is 10.1. The predicted molar refractivity (Wildman–Crippen MR) is 88.6 cm³/mol. The fourth-order valence-corrected chi connectivity index (χ4v) is 2.11. The summed E-state index contributed by atoms with van der Waals surface area (Å²) in [4.78, 5) is 27.7. The minimum Gasteiger partial charge on any atom is -0.452 e. The van der Waals surface area contributed by atoms with Crippen LogP contribution in [-0.4, -0.2) is 23.0 Å². The van der Waals surface area contributed by atoms with Crippen molar-refractivity contribution in [3.05, 3.63) is 58.7 Å². The Balaban J connectivity index is 1.92. The first-order valence-electron chi connectivity index (χ1n) is 7.43. The van der Waals surface area contributed by atoms with Crippen LogP contribution in [0.5, 0.6) is 0 Å². The zero-order chi connectivity index (χ0) is 19.3. The van der Waals surface area contributed by atoms with E-state index in [1.807, 2.05) is 0 Å². The molecule has 26 heavy (non-hydrogen) atoms. The molecule has 1 atom stereocenters. The molecule has 0 aliphatic rings. The summed E-state index contributed by atoms with van der Waals surface area (Å²) in [6.45, 7) is 1.34. The number of amides is 1. The second-order valence-electron chi connectivity index (χ2n) is 5.36. The van der Waals surface area contributed by atoms with E-state index in [4.69, 9.17) is 16.3 Å². The Morgan fingerprint density at radius 3 is 2.62 bits per heavy atom. The van der Waals surface area contributed by atoms with Crippen LogP contribution in [0.4, 0.5) is 19.0 Å². The van der Waals surface area contributed by atoms with E-state index in [0.717, 1.165) is 12.1 Å². The average molecular weight is 387 g/mol. The van der Waals surface area contributed by atoms with Gasteiger partial charge in [-0.25, -0.2) is 4.98 Å². The number of nitrogens with zero attached hydrogens (tertiary/aromatic N) is 1. The average Bonchev–Trinajstić information content (AvgIpc) is 2.56. The molecule has 1 aromatic carbocycles. The minimum atomic E-state index is -4.50. The highest BCUT2D eigenvalue weighted by atomic mass is 35.5. The zero-order valence-corrected chi connectivity index (χ0v) is 14.3. The van der Waals surface area contributed by atoms with Gasteiger partial charge in [0.25, 0.3) is 5.91 Å². The predicted octanol–water partition coefficient (Wildman–Crippen LogP) is 3.87. The number of carbonyl (C=O) groups is 2. The van der Waals surface area contributed by atoms with Gasteiger partial charge >= 0.3 is 12.1 Å². The van der Waals surface area contributed by atoms with Crippen molar-refractivity contribution in [3.8, 4) is 0 Å². The lowest BCUT2D eigenvalue weighted by Gasteiger charge is -2.13. The Morgan fingerprint density at radius 1 is 1.27 bits per heavy atom. The second-order valence-corrected chi connectivity index (χ2v) is 5.79. The van der Waals surface area contributed by atoms with E-state index in [1.54, 1.807) is 0 Å². The van der Waals surface area contributed by atoms with Crippen LogP contribution in [0.15, 0.2) is 42.6 Å². The molecule has 1 unspecified atom stereocenters. The van der Waals surface area contributed by atoms with Crippen molar-refractivity contribution in [2.45, 2.75) is 25.6 Å². The Morgan fingerprint density at radius 2 is 2.00 bits per heavy atom. The van der Waals surface area contributed by atoms with Gasteiger partial charge in [-0.1, -0.05) is 29.8 Å². The molecular weight excluding hydrogens is 373 g/mol. The van der Waals surface area contributed by atoms with Gasteiger partial charge in [-0.3, -0.25) is 9.59 Å². The lowest BCUT2D eigenvalue weighted by Crippen LogP contribution is -2.30. The summed E-state index contributed by atoms with van der Waals surface area (Å²) in [5, 5.41) is 2.82. The topological polar surface area (TPSA) is 68.3 Å². The van der Waals surface area contributed by atoms with Crippen molar-refractivity contribution in [1.82, 2.24) is 4.98 Å². The quantitative estimate of drug-likeness (QED) is 0.792. The van der Waals surface area contributed by atoms with Gasteiger partial charge in [0.2, 0.25) is 0 Å². The SMILES string of the molecule is CC(OC(=O)Cc1cccc(C(F)(F)F)c1)C(=O)Nc1ccc(Cl)cn1. The number of carbonyl (C=O) groups excluding carboxylic acids is 2. The monoisotopic (exact) mass is 386 g/mol. The molecule has 1 aromatic heterocycles. The van der Waals surface area contributed by atoms with Crippen molar-refractivity contribution in [3.63, 3.8) is 0 Å². The number of hydrogen-bond acceptors (Lipinski definition) is 4. The normalized spacial score (nSPS) is 12.3. The number of nitrogens with one attached hydrogen (secondary N) is 1. The molecule has 0 aliphatic carbocycles. The Kier molecular flexibility index (Phi) is 6.20. The van der Waals surface area contributed by atoms with Crippen LogP contribution in [0.25, 0.3) is 0 Å². The van der Waals surface area contributed by atoms with Gasteiger partial charge in [0.15, 0.2) is 6.10 Å². The lowest BCUT2D eigenvalue weighted by molar-refractivity contribution is -0.152. The largest absolute Gasteiger partial charge is 0.452 e. The summed E-state index contributed by atoms with van der Waals surface area (Å²) < 4.78 is 43.0. The van der Waals surface area contributed by atoms with Crippen LogP contribution >= 0.6 is 11.6 Å². The zero-order valence-electron chi connectivity index (χ0n) is 13.5. The third-order valence-electron chi connectivity index (χ3n) is 3.26. The molecular formula is C17H14ClF3N2O3. The number of halogens is 4. The van der Waals surface area contributed by atoms with Crippen molar-refractivity contribution in [2.75, 3.05) is 5.32 Å². The maximum absolute atomic E-state index is 12.7. The molecule has 138 valence electrons. The van der Waals surface area contributed by atoms with Crippen LogP contribution < -0.4 is 5.32 Å². The standard InChI is InChI=1S/C17H14ClF3N2O3/c1-10(16(25)23-14-6-5-13(18)9-22-14)26-15(24)8-11-3-2-4-12(7-11)17(19,20)21/h2-7,9-10H,8H2,1H3,(H,22,23,25). The number of alkyl halides is 3. The number of anilines is 1. The molecule has 1 N–H and O–H groups in total. The van der Waals surface area contributed by atoms with E-state index in [1.165, 1.54) is 37.4 Å². The van der Waals surface area contributed by atoms with E-state index < -0.39 is 29.7 Å². The first-order chi connectivity index (χ1) is 12.1. The molecule has 0 bridgehead atoms. The van der Waals surface area contributed by atoms with E-state index in [9.17, 15) is 22.8 Å². The summed E-state index contributed by atoms with van der Waals surface area (Å²) in [5.41, 5.74) is -0.723. The molecule has 0 saturated heterocycles. The van der Waals surface area contributed by atoms with Crippen molar-refractivity contribution >= 4 is 29.3 Å². The molecule has 0 saturated carbocycles. The Hall–Kier alpha value is -2.61.